The highest BCUT2D eigenvalue weighted by molar-refractivity contribution is 5.73. The monoisotopic (exact) mass is 209 g/mol. The lowest BCUT2D eigenvalue weighted by Gasteiger charge is -2.09. The van der Waals surface area contributed by atoms with Gasteiger partial charge in [-0.1, -0.05) is 0 Å². The minimum Gasteiger partial charge on any atom is -0.497 e. The van der Waals surface area contributed by atoms with Crippen LogP contribution in [0.2, 0.25) is 0 Å². The molecule has 0 N–H and O–H groups in total. The molecule has 4 heteroatoms. The fraction of sp³-hybridized carbons (Fsp3) is 0.273. The standard InChI is InChI=1S/C11H13O4/c1-4-11(12)15-9-6-5-8(13-2)7-10(9)14-3/h5-7H,1,4H2,2-3H3. The number of esters is 1. The zero-order chi connectivity index (χ0) is 11.3. The van der Waals surface area contributed by atoms with Gasteiger partial charge < -0.3 is 14.2 Å². The van der Waals surface area contributed by atoms with E-state index in [0.29, 0.717) is 17.2 Å². The number of benzene rings is 1. The van der Waals surface area contributed by atoms with Crippen LogP contribution in [0.25, 0.3) is 0 Å². The molecular formula is C11H13O4. The van der Waals surface area contributed by atoms with Crippen LogP contribution in [0.3, 0.4) is 0 Å². The zero-order valence-corrected chi connectivity index (χ0v) is 8.78. The molecule has 0 heterocycles. The molecule has 15 heavy (non-hydrogen) atoms. The molecule has 0 unspecified atom stereocenters. The third-order valence-electron chi connectivity index (χ3n) is 1.80. The summed E-state index contributed by atoms with van der Waals surface area (Å²) in [6, 6.07) is 4.95. The molecule has 0 aliphatic rings. The van der Waals surface area contributed by atoms with Crippen molar-refractivity contribution in [3.05, 3.63) is 25.1 Å². The Bertz CT molecular complexity index is 346. The predicted octanol–water partition coefficient (Wildman–Crippen LogP) is 1.83. The van der Waals surface area contributed by atoms with Gasteiger partial charge in [-0.25, -0.2) is 0 Å². The molecule has 4 nitrogen and oxygen atoms in total. The second-order valence-electron chi connectivity index (χ2n) is 2.74. The summed E-state index contributed by atoms with van der Waals surface area (Å²) < 4.78 is 15.1. The predicted molar refractivity (Wildman–Crippen MR) is 55.2 cm³/mol. The van der Waals surface area contributed by atoms with E-state index in [1.54, 1.807) is 25.3 Å². The molecule has 0 saturated carbocycles. The van der Waals surface area contributed by atoms with Gasteiger partial charge in [0.1, 0.15) is 5.75 Å². The first kappa shape index (κ1) is 11.4. The van der Waals surface area contributed by atoms with Crippen LogP contribution in [0.5, 0.6) is 17.2 Å². The molecule has 0 saturated heterocycles. The molecule has 0 fully saturated rings. The summed E-state index contributed by atoms with van der Waals surface area (Å²) in [4.78, 5) is 11.0. The Labute approximate surface area is 88.8 Å². The highest BCUT2D eigenvalue weighted by Crippen LogP contribution is 2.31. The largest absolute Gasteiger partial charge is 0.497 e. The molecule has 1 aromatic rings. The van der Waals surface area contributed by atoms with Gasteiger partial charge in [0.15, 0.2) is 11.5 Å². The van der Waals surface area contributed by atoms with E-state index in [-0.39, 0.29) is 6.42 Å². The molecule has 0 aliphatic carbocycles. The molecular weight excluding hydrogens is 196 g/mol. The second kappa shape index (κ2) is 5.24. The van der Waals surface area contributed by atoms with Crippen LogP contribution in [-0.2, 0) is 4.79 Å². The Morgan fingerprint density at radius 1 is 1.27 bits per heavy atom. The van der Waals surface area contributed by atoms with Gasteiger partial charge in [-0.3, -0.25) is 4.79 Å². The first-order valence-electron chi connectivity index (χ1n) is 4.43. The number of ether oxygens (including phenoxy) is 3. The Hall–Kier alpha value is -1.71. The van der Waals surface area contributed by atoms with Gasteiger partial charge in [0.25, 0.3) is 0 Å². The van der Waals surface area contributed by atoms with Crippen LogP contribution in [-0.4, -0.2) is 20.2 Å². The fourth-order valence-corrected chi connectivity index (χ4v) is 1.03. The highest BCUT2D eigenvalue weighted by atomic mass is 16.6. The molecule has 1 aromatic carbocycles. The van der Waals surface area contributed by atoms with Crippen molar-refractivity contribution in [1.82, 2.24) is 0 Å². The number of methoxy groups -OCH3 is 2. The number of rotatable bonds is 4. The third kappa shape index (κ3) is 2.87. The topological polar surface area (TPSA) is 44.8 Å². The van der Waals surface area contributed by atoms with E-state index in [0.717, 1.165) is 0 Å². The normalized spacial score (nSPS) is 9.53. The summed E-state index contributed by atoms with van der Waals surface area (Å²) in [5, 5.41) is 0. The van der Waals surface area contributed by atoms with Gasteiger partial charge in [-0.15, -0.1) is 0 Å². The van der Waals surface area contributed by atoms with Crippen LogP contribution in [0.15, 0.2) is 18.2 Å². The van der Waals surface area contributed by atoms with E-state index in [9.17, 15) is 4.79 Å². The number of carbonyl (C=O) groups excluding carboxylic acids is 1. The van der Waals surface area contributed by atoms with Gasteiger partial charge >= 0.3 is 5.97 Å². The van der Waals surface area contributed by atoms with Crippen molar-refractivity contribution in [2.75, 3.05) is 14.2 Å². The number of hydrogen-bond donors (Lipinski definition) is 0. The molecule has 0 atom stereocenters. The van der Waals surface area contributed by atoms with Gasteiger partial charge in [-0.05, 0) is 19.1 Å². The lowest BCUT2D eigenvalue weighted by atomic mass is 10.3. The minimum absolute atomic E-state index is 0.0786. The fourth-order valence-electron chi connectivity index (χ4n) is 1.03. The van der Waals surface area contributed by atoms with Gasteiger partial charge in [0.2, 0.25) is 0 Å². The summed E-state index contributed by atoms with van der Waals surface area (Å²) in [7, 11) is 3.05. The van der Waals surface area contributed by atoms with E-state index in [4.69, 9.17) is 14.2 Å². The van der Waals surface area contributed by atoms with Crippen molar-refractivity contribution in [3.8, 4) is 17.2 Å². The maximum atomic E-state index is 11.0. The molecule has 0 bridgehead atoms. The summed E-state index contributed by atoms with van der Waals surface area (Å²) in [6.07, 6.45) is 0.0786. The maximum absolute atomic E-state index is 11.0. The summed E-state index contributed by atoms with van der Waals surface area (Å²) >= 11 is 0. The van der Waals surface area contributed by atoms with Crippen molar-refractivity contribution in [2.24, 2.45) is 0 Å². The second-order valence-corrected chi connectivity index (χ2v) is 2.74. The average molecular weight is 209 g/mol. The smallest absolute Gasteiger partial charge is 0.311 e. The van der Waals surface area contributed by atoms with E-state index in [2.05, 4.69) is 6.92 Å². The van der Waals surface area contributed by atoms with Crippen molar-refractivity contribution < 1.29 is 19.0 Å². The molecule has 0 aliphatic heterocycles. The van der Waals surface area contributed by atoms with Crippen LogP contribution in [0, 0.1) is 6.92 Å². The first-order chi connectivity index (χ1) is 7.21. The summed E-state index contributed by atoms with van der Waals surface area (Å²) in [6.45, 7) is 3.43. The number of hydrogen-bond acceptors (Lipinski definition) is 4. The van der Waals surface area contributed by atoms with E-state index in [1.807, 2.05) is 0 Å². The SMILES string of the molecule is [CH2]CC(=O)Oc1ccc(OC)cc1OC. The minimum atomic E-state index is -0.404. The maximum Gasteiger partial charge on any atom is 0.311 e. The number of carbonyl (C=O) groups is 1. The molecule has 0 aromatic heterocycles. The van der Waals surface area contributed by atoms with Crippen LogP contribution in [0.1, 0.15) is 6.42 Å². The Morgan fingerprint density at radius 3 is 2.53 bits per heavy atom. The third-order valence-corrected chi connectivity index (χ3v) is 1.80. The summed E-state index contributed by atoms with van der Waals surface area (Å²) in [5.74, 6) is 1.06. The average Bonchev–Trinajstić information content (AvgIpc) is 2.29. The highest BCUT2D eigenvalue weighted by Gasteiger charge is 2.09. The molecule has 1 radical (unpaired) electrons. The van der Waals surface area contributed by atoms with Crippen molar-refractivity contribution >= 4 is 5.97 Å². The zero-order valence-electron chi connectivity index (χ0n) is 8.78. The van der Waals surface area contributed by atoms with Crippen LogP contribution < -0.4 is 14.2 Å². The Kier molecular flexibility index (Phi) is 3.97. The van der Waals surface area contributed by atoms with E-state index < -0.39 is 5.97 Å². The van der Waals surface area contributed by atoms with Crippen molar-refractivity contribution in [2.45, 2.75) is 6.42 Å². The molecule has 81 valence electrons. The van der Waals surface area contributed by atoms with E-state index >= 15 is 0 Å². The van der Waals surface area contributed by atoms with Crippen molar-refractivity contribution in [3.63, 3.8) is 0 Å². The first-order valence-corrected chi connectivity index (χ1v) is 4.43. The Morgan fingerprint density at radius 2 is 2.00 bits per heavy atom. The van der Waals surface area contributed by atoms with Gasteiger partial charge in [0.05, 0.1) is 14.2 Å². The molecule has 0 amide bonds. The quantitative estimate of drug-likeness (QED) is 0.560. The lowest BCUT2D eigenvalue weighted by Crippen LogP contribution is -2.06. The molecule has 0 spiro atoms. The lowest BCUT2D eigenvalue weighted by molar-refractivity contribution is -0.133. The van der Waals surface area contributed by atoms with Crippen LogP contribution in [0.4, 0.5) is 0 Å². The molecule has 1 rings (SSSR count). The van der Waals surface area contributed by atoms with E-state index in [1.165, 1.54) is 7.11 Å². The Balaban J connectivity index is 2.92. The van der Waals surface area contributed by atoms with Crippen LogP contribution >= 0.6 is 0 Å². The summed E-state index contributed by atoms with van der Waals surface area (Å²) in [5.41, 5.74) is 0. The van der Waals surface area contributed by atoms with Gasteiger partial charge in [-0.2, -0.15) is 0 Å². The van der Waals surface area contributed by atoms with Gasteiger partial charge in [0, 0.05) is 12.5 Å². The van der Waals surface area contributed by atoms with Crippen molar-refractivity contribution in [1.29, 1.82) is 0 Å².